The van der Waals surface area contributed by atoms with Crippen LogP contribution < -0.4 is 10.6 Å². The van der Waals surface area contributed by atoms with Crippen LogP contribution >= 0.6 is 24.0 Å². The topological polar surface area (TPSA) is 67.1 Å². The molecule has 0 saturated carbocycles. The molecular formula is C15H31IN6. The third-order valence-electron chi connectivity index (χ3n) is 3.32. The van der Waals surface area contributed by atoms with Crippen LogP contribution in [0.1, 0.15) is 53.3 Å². The molecule has 7 heteroatoms. The molecule has 0 radical (unpaired) electrons. The van der Waals surface area contributed by atoms with Crippen molar-refractivity contribution in [3.05, 3.63) is 12.2 Å². The van der Waals surface area contributed by atoms with E-state index >= 15 is 0 Å². The van der Waals surface area contributed by atoms with Gasteiger partial charge < -0.3 is 15.2 Å². The van der Waals surface area contributed by atoms with Gasteiger partial charge in [-0.25, -0.2) is 4.99 Å². The van der Waals surface area contributed by atoms with Crippen LogP contribution in [0.3, 0.4) is 0 Å². The number of nitrogens with zero attached hydrogens (tertiary/aromatic N) is 4. The number of nitrogens with one attached hydrogen (secondary N) is 2. The summed E-state index contributed by atoms with van der Waals surface area (Å²) in [7, 11) is 0. The first-order valence-corrected chi connectivity index (χ1v) is 7.98. The van der Waals surface area contributed by atoms with E-state index in [1.165, 1.54) is 6.42 Å². The summed E-state index contributed by atoms with van der Waals surface area (Å²) >= 11 is 0. The molecule has 1 aromatic heterocycles. The van der Waals surface area contributed by atoms with Crippen LogP contribution in [0.4, 0.5) is 0 Å². The molecule has 0 aromatic carbocycles. The Bertz CT molecular complexity index is 429. The van der Waals surface area contributed by atoms with Crippen LogP contribution in [-0.4, -0.2) is 33.3 Å². The average molecular weight is 422 g/mol. The molecule has 6 nitrogen and oxygen atoms in total. The van der Waals surface area contributed by atoms with E-state index in [1.54, 1.807) is 6.33 Å². The Morgan fingerprint density at radius 2 is 2.00 bits per heavy atom. The van der Waals surface area contributed by atoms with Gasteiger partial charge in [0.05, 0.1) is 0 Å². The fourth-order valence-electron chi connectivity index (χ4n) is 2.02. The number of hydrogen-bond donors (Lipinski definition) is 2. The zero-order valence-electron chi connectivity index (χ0n) is 14.5. The van der Waals surface area contributed by atoms with Gasteiger partial charge in [0.1, 0.15) is 12.9 Å². The summed E-state index contributed by atoms with van der Waals surface area (Å²) in [6.45, 7) is 13.1. The molecule has 1 aromatic rings. The van der Waals surface area contributed by atoms with Crippen molar-refractivity contribution in [3.8, 4) is 0 Å². The standard InChI is InChI=1S/C15H30N6.HI/c1-6-16-15(19-13(5)9-8-12(3)4)17-10-14-20-18-11-21(14)7-2;/h11-13H,6-10H2,1-5H3,(H2,16,17,19);1H. The molecule has 1 unspecified atom stereocenters. The maximum atomic E-state index is 4.60. The van der Waals surface area contributed by atoms with Crippen molar-refractivity contribution >= 4 is 29.9 Å². The Kier molecular flexibility index (Phi) is 11.2. The quantitative estimate of drug-likeness (QED) is 0.384. The Morgan fingerprint density at radius 1 is 1.27 bits per heavy atom. The van der Waals surface area contributed by atoms with Gasteiger partial charge in [0.15, 0.2) is 11.8 Å². The third-order valence-corrected chi connectivity index (χ3v) is 3.32. The highest BCUT2D eigenvalue weighted by atomic mass is 127. The molecule has 1 atom stereocenters. The van der Waals surface area contributed by atoms with E-state index in [4.69, 9.17) is 0 Å². The predicted molar refractivity (Wildman–Crippen MR) is 103 cm³/mol. The van der Waals surface area contributed by atoms with Crippen molar-refractivity contribution in [3.63, 3.8) is 0 Å². The van der Waals surface area contributed by atoms with Crippen LogP contribution in [0.15, 0.2) is 11.3 Å². The average Bonchev–Trinajstić information content (AvgIpc) is 2.90. The lowest BCUT2D eigenvalue weighted by atomic mass is 10.0. The monoisotopic (exact) mass is 422 g/mol. The molecule has 0 aliphatic carbocycles. The maximum Gasteiger partial charge on any atom is 0.191 e. The molecule has 0 amide bonds. The minimum atomic E-state index is 0. The molecule has 0 saturated heterocycles. The highest BCUT2D eigenvalue weighted by Gasteiger charge is 2.07. The summed E-state index contributed by atoms with van der Waals surface area (Å²) in [5, 5.41) is 14.8. The predicted octanol–water partition coefficient (Wildman–Crippen LogP) is 2.80. The zero-order chi connectivity index (χ0) is 15.7. The Balaban J connectivity index is 0.00000441. The van der Waals surface area contributed by atoms with Gasteiger partial charge >= 0.3 is 0 Å². The summed E-state index contributed by atoms with van der Waals surface area (Å²) < 4.78 is 2.01. The van der Waals surface area contributed by atoms with Gasteiger partial charge in [0.25, 0.3) is 0 Å². The zero-order valence-corrected chi connectivity index (χ0v) is 16.8. The van der Waals surface area contributed by atoms with E-state index in [9.17, 15) is 0 Å². The Hall–Kier alpha value is -0.860. The highest BCUT2D eigenvalue weighted by Crippen LogP contribution is 2.06. The smallest absolute Gasteiger partial charge is 0.191 e. The maximum absolute atomic E-state index is 4.60. The van der Waals surface area contributed by atoms with Crippen LogP contribution in [0.2, 0.25) is 0 Å². The molecule has 0 aliphatic rings. The summed E-state index contributed by atoms with van der Waals surface area (Å²) in [6, 6.07) is 0.411. The normalized spacial score (nSPS) is 12.9. The number of aromatic nitrogens is 3. The van der Waals surface area contributed by atoms with Gasteiger partial charge in [-0.2, -0.15) is 0 Å². The summed E-state index contributed by atoms with van der Waals surface area (Å²) in [4.78, 5) is 4.60. The molecule has 0 bridgehead atoms. The molecule has 2 N–H and O–H groups in total. The molecule has 0 fully saturated rings. The first-order chi connectivity index (χ1) is 10.1. The van der Waals surface area contributed by atoms with Crippen molar-refractivity contribution < 1.29 is 0 Å². The van der Waals surface area contributed by atoms with Crippen molar-refractivity contribution in [1.82, 2.24) is 25.4 Å². The molecule has 0 aliphatic heterocycles. The highest BCUT2D eigenvalue weighted by molar-refractivity contribution is 14.0. The van der Waals surface area contributed by atoms with E-state index < -0.39 is 0 Å². The number of rotatable bonds is 8. The van der Waals surface area contributed by atoms with Crippen LogP contribution in [-0.2, 0) is 13.1 Å². The van der Waals surface area contributed by atoms with Crippen LogP contribution in [0.5, 0.6) is 0 Å². The van der Waals surface area contributed by atoms with Crippen LogP contribution in [0.25, 0.3) is 0 Å². The van der Waals surface area contributed by atoms with Crippen LogP contribution in [0, 0.1) is 5.92 Å². The fourth-order valence-corrected chi connectivity index (χ4v) is 2.02. The molecule has 22 heavy (non-hydrogen) atoms. The van der Waals surface area contributed by atoms with E-state index in [-0.39, 0.29) is 24.0 Å². The number of aryl methyl sites for hydroxylation is 1. The lowest BCUT2D eigenvalue weighted by Crippen LogP contribution is -2.42. The SMILES string of the molecule is CCNC(=NCc1nncn1CC)NC(C)CCC(C)C.I. The minimum Gasteiger partial charge on any atom is -0.357 e. The number of aliphatic imine (C=N–C) groups is 1. The first-order valence-electron chi connectivity index (χ1n) is 7.98. The second kappa shape index (κ2) is 11.7. The van der Waals surface area contributed by atoms with Crippen molar-refractivity contribution in [1.29, 1.82) is 0 Å². The number of halogens is 1. The van der Waals surface area contributed by atoms with E-state index in [0.717, 1.165) is 37.2 Å². The Labute approximate surface area is 151 Å². The van der Waals surface area contributed by atoms with Gasteiger partial charge in [-0.15, -0.1) is 34.2 Å². The fraction of sp³-hybridized carbons (Fsp3) is 0.800. The summed E-state index contributed by atoms with van der Waals surface area (Å²) in [5.74, 6) is 2.47. The lowest BCUT2D eigenvalue weighted by Gasteiger charge is -2.18. The van der Waals surface area contributed by atoms with Gasteiger partial charge in [0, 0.05) is 19.1 Å². The second-order valence-electron chi connectivity index (χ2n) is 5.74. The Morgan fingerprint density at radius 3 is 2.59 bits per heavy atom. The first kappa shape index (κ1) is 21.1. The molecule has 0 spiro atoms. The van der Waals surface area contributed by atoms with Crippen molar-refractivity contribution in [2.45, 2.75) is 66.6 Å². The number of hydrogen-bond acceptors (Lipinski definition) is 3. The van der Waals surface area contributed by atoms with Gasteiger partial charge in [-0.3, -0.25) is 0 Å². The van der Waals surface area contributed by atoms with Crippen molar-refractivity contribution in [2.24, 2.45) is 10.9 Å². The summed E-state index contributed by atoms with van der Waals surface area (Å²) in [5.41, 5.74) is 0. The van der Waals surface area contributed by atoms with E-state index in [2.05, 4.69) is 60.4 Å². The molecule has 1 rings (SSSR count). The third kappa shape index (κ3) is 7.95. The van der Waals surface area contributed by atoms with Gasteiger partial charge in [-0.1, -0.05) is 13.8 Å². The largest absolute Gasteiger partial charge is 0.357 e. The van der Waals surface area contributed by atoms with E-state index in [0.29, 0.717) is 12.6 Å². The van der Waals surface area contributed by atoms with Gasteiger partial charge in [0.2, 0.25) is 0 Å². The van der Waals surface area contributed by atoms with Gasteiger partial charge in [-0.05, 0) is 39.5 Å². The minimum absolute atomic E-state index is 0. The molecule has 128 valence electrons. The van der Waals surface area contributed by atoms with Crippen molar-refractivity contribution in [2.75, 3.05) is 6.54 Å². The second-order valence-corrected chi connectivity index (χ2v) is 5.74. The molecular weight excluding hydrogens is 391 g/mol. The number of guanidine groups is 1. The molecule has 1 heterocycles. The summed E-state index contributed by atoms with van der Waals surface area (Å²) in [6.07, 6.45) is 4.11. The lowest BCUT2D eigenvalue weighted by molar-refractivity contribution is 0.489. The van der Waals surface area contributed by atoms with E-state index in [1.807, 2.05) is 4.57 Å².